The Hall–Kier alpha value is -11.1. The summed E-state index contributed by atoms with van der Waals surface area (Å²) in [4.78, 5) is 2.54. The van der Waals surface area contributed by atoms with Gasteiger partial charge in [-0.3, -0.25) is 0 Å². The van der Waals surface area contributed by atoms with Crippen LogP contribution in [-0.4, -0.2) is 4.57 Å². The van der Waals surface area contributed by atoms with Gasteiger partial charge in [-0.05, 0) is 177 Å². The van der Waals surface area contributed by atoms with Crippen LogP contribution in [0.1, 0.15) is 69.5 Å². The van der Waals surface area contributed by atoms with Gasteiger partial charge in [-0.15, -0.1) is 0 Å². The van der Waals surface area contributed by atoms with Gasteiger partial charge in [-0.2, -0.15) is 0 Å². The molecule has 2 heteroatoms. The zero-order valence-electron chi connectivity index (χ0n) is 49.3. The first-order chi connectivity index (χ1) is 43.9. The van der Waals surface area contributed by atoms with E-state index >= 15 is 0 Å². The van der Waals surface area contributed by atoms with Crippen molar-refractivity contribution >= 4 is 49.6 Å². The maximum atomic E-state index is 2.59. The third-order valence-electron chi connectivity index (χ3n) is 21.4. The van der Waals surface area contributed by atoms with Crippen LogP contribution in [0.25, 0.3) is 105 Å². The minimum absolute atomic E-state index is 0.227. The molecule has 2 heterocycles. The van der Waals surface area contributed by atoms with E-state index in [-0.39, 0.29) is 5.41 Å². The Bertz CT molecular complexity index is 5520. The van der Waals surface area contributed by atoms with Gasteiger partial charge in [-0.1, -0.05) is 257 Å². The second kappa shape index (κ2) is 17.6. The van der Waals surface area contributed by atoms with Crippen molar-refractivity contribution in [3.63, 3.8) is 0 Å². The lowest BCUT2D eigenvalue weighted by atomic mass is 9.55. The average molecular weight is 1130 g/mol. The highest BCUT2D eigenvalue weighted by Crippen LogP contribution is 2.68. The van der Waals surface area contributed by atoms with E-state index in [1.165, 1.54) is 161 Å². The summed E-state index contributed by atoms with van der Waals surface area (Å²) in [5.41, 5.74) is 34.3. The zero-order chi connectivity index (χ0) is 58.5. The summed E-state index contributed by atoms with van der Waals surface area (Å²) in [7, 11) is 0. The lowest BCUT2D eigenvalue weighted by molar-refractivity contribution is 0.563. The Morgan fingerprint density at radius 3 is 1.57 bits per heavy atom. The van der Waals surface area contributed by atoms with E-state index in [0.717, 1.165) is 17.1 Å². The Morgan fingerprint density at radius 1 is 0.281 bits per heavy atom. The Labute approximate surface area is 517 Å². The van der Waals surface area contributed by atoms with Crippen molar-refractivity contribution in [3.05, 3.63) is 359 Å². The van der Waals surface area contributed by atoms with Gasteiger partial charge in [0.05, 0.1) is 33.2 Å². The number of hydrogen-bond acceptors (Lipinski definition) is 1. The van der Waals surface area contributed by atoms with Crippen LogP contribution >= 0.6 is 0 Å². The normalized spacial score (nSPS) is 14.7. The second-order valence-electron chi connectivity index (χ2n) is 25.7. The molecule has 0 atom stereocenters. The van der Waals surface area contributed by atoms with E-state index in [2.05, 4.69) is 327 Å². The van der Waals surface area contributed by atoms with Gasteiger partial charge < -0.3 is 9.47 Å². The van der Waals surface area contributed by atoms with Crippen LogP contribution in [0.2, 0.25) is 0 Å². The van der Waals surface area contributed by atoms with E-state index in [1.54, 1.807) is 0 Å². The molecule has 89 heavy (non-hydrogen) atoms. The maximum Gasteiger partial charge on any atom is 0.0726 e. The topological polar surface area (TPSA) is 8.17 Å². The van der Waals surface area contributed by atoms with Crippen molar-refractivity contribution in [1.29, 1.82) is 0 Å². The predicted octanol–water partition coefficient (Wildman–Crippen LogP) is 22.1. The molecule has 2 nitrogen and oxygen atoms in total. The summed E-state index contributed by atoms with van der Waals surface area (Å²) in [5.74, 6) is 0. The fraction of sp³-hybridized carbons (Fsp3) is 0.0575. The lowest BCUT2D eigenvalue weighted by Gasteiger charge is -2.46. The molecule has 1 aromatic heterocycles. The van der Waals surface area contributed by atoms with Gasteiger partial charge in [0.25, 0.3) is 0 Å². The molecule has 20 rings (SSSR count). The maximum absolute atomic E-state index is 2.59. The summed E-state index contributed by atoms with van der Waals surface area (Å²) < 4.78 is 2.59. The summed E-state index contributed by atoms with van der Waals surface area (Å²) >= 11 is 0. The quantitative estimate of drug-likeness (QED) is 0.167. The molecular weight excluding hydrogens is 1070 g/mol. The fourth-order valence-corrected chi connectivity index (χ4v) is 17.8. The van der Waals surface area contributed by atoms with Crippen molar-refractivity contribution in [2.45, 2.75) is 30.1 Å². The largest absolute Gasteiger partial charge is 0.310 e. The number of rotatable bonds is 5. The van der Waals surface area contributed by atoms with E-state index in [4.69, 9.17) is 0 Å². The molecule has 4 aliphatic carbocycles. The van der Waals surface area contributed by atoms with Gasteiger partial charge >= 0.3 is 0 Å². The Kier molecular flexibility index (Phi) is 9.69. The molecule has 0 unspecified atom stereocenters. The SMILES string of the molecule is CC1(C)c2ccccc2C2(c3ccccc31)c1cc(-c3ccc(N(c4cccc(-c5ccc6ccccc6c5)c4)c4cccc5c4-c4ccccc4C54c5ccccc5-c5ccccc54)cc3)cc3c1-c1c2ccc2c4ccccc4n(c12)-c1ccccc1-3. The number of anilines is 3. The van der Waals surface area contributed by atoms with Gasteiger partial charge in [0, 0.05) is 44.3 Å². The molecule has 0 amide bonds. The lowest BCUT2D eigenvalue weighted by Crippen LogP contribution is -2.40. The van der Waals surface area contributed by atoms with Crippen LogP contribution in [-0.2, 0) is 16.2 Å². The summed E-state index contributed by atoms with van der Waals surface area (Å²) in [6, 6.07) is 116. The van der Waals surface area contributed by atoms with Gasteiger partial charge in [0.1, 0.15) is 0 Å². The van der Waals surface area contributed by atoms with Crippen LogP contribution in [0.15, 0.2) is 303 Å². The van der Waals surface area contributed by atoms with Crippen molar-refractivity contribution in [2.24, 2.45) is 0 Å². The van der Waals surface area contributed by atoms with Gasteiger partial charge in [-0.25, -0.2) is 0 Å². The smallest absolute Gasteiger partial charge is 0.0726 e. The third kappa shape index (κ3) is 6.16. The van der Waals surface area contributed by atoms with Crippen LogP contribution in [0, 0.1) is 0 Å². The first-order valence-electron chi connectivity index (χ1n) is 31.4. The van der Waals surface area contributed by atoms with Crippen molar-refractivity contribution in [2.75, 3.05) is 4.90 Å². The molecule has 414 valence electrons. The molecule has 0 saturated heterocycles. The molecule has 0 bridgehead atoms. The first-order valence-corrected chi connectivity index (χ1v) is 31.4. The van der Waals surface area contributed by atoms with Crippen LogP contribution in [0.4, 0.5) is 17.1 Å². The number of benzene rings is 14. The second-order valence-corrected chi connectivity index (χ2v) is 25.7. The number of nitrogens with zero attached hydrogens (tertiary/aromatic N) is 2. The third-order valence-corrected chi connectivity index (χ3v) is 21.4. The average Bonchev–Trinajstić information content (AvgIpc) is 1.53. The Balaban J connectivity index is 0.835. The minimum Gasteiger partial charge on any atom is -0.310 e. The zero-order valence-corrected chi connectivity index (χ0v) is 49.3. The highest BCUT2D eigenvalue weighted by Gasteiger charge is 2.56. The van der Waals surface area contributed by atoms with Crippen molar-refractivity contribution in [1.82, 2.24) is 4.57 Å². The van der Waals surface area contributed by atoms with Gasteiger partial charge in [0.15, 0.2) is 0 Å². The van der Waals surface area contributed by atoms with E-state index in [0.29, 0.717) is 0 Å². The predicted molar refractivity (Wildman–Crippen MR) is 369 cm³/mol. The summed E-state index contributed by atoms with van der Waals surface area (Å²) in [5, 5.41) is 5.03. The molecule has 0 saturated carbocycles. The highest BCUT2D eigenvalue weighted by molar-refractivity contribution is 6.20. The van der Waals surface area contributed by atoms with E-state index in [9.17, 15) is 0 Å². The number of para-hydroxylation sites is 2. The molecule has 1 aliphatic heterocycles. The van der Waals surface area contributed by atoms with Gasteiger partial charge in [0.2, 0.25) is 0 Å². The van der Waals surface area contributed by atoms with Crippen LogP contribution in [0.5, 0.6) is 0 Å². The molecular formula is C87H56N2. The van der Waals surface area contributed by atoms with Crippen LogP contribution in [0.3, 0.4) is 0 Å². The molecule has 0 fully saturated rings. The molecule has 14 aromatic carbocycles. The fourth-order valence-electron chi connectivity index (χ4n) is 17.8. The molecule has 15 aromatic rings. The molecule has 5 aliphatic rings. The number of fused-ring (bicyclic) bond motifs is 23. The summed E-state index contributed by atoms with van der Waals surface area (Å²) in [6.07, 6.45) is 0. The first kappa shape index (κ1) is 49.1. The Morgan fingerprint density at radius 2 is 0.831 bits per heavy atom. The van der Waals surface area contributed by atoms with E-state index < -0.39 is 10.8 Å². The summed E-state index contributed by atoms with van der Waals surface area (Å²) in [6.45, 7) is 4.85. The standard InChI is InChI=1S/C87H56N2/c1-85(2)71-33-13-15-35-73(71)87(74-36-16-14-34-72(74)85)76-48-47-65-63-27-8-17-38-78(63)89-79-39-18-9-28-64(79)67-51-58(52-77(87)82(67)83(76)84(65)89)54-43-45-59(46-44-54)88(60-24-19-23-56(50-60)57-42-41-53-21-3-4-22-55(53)49-57)80-40-20-37-75-81(80)66-29-7-12-32-70(66)86(75)68-30-10-5-25-61(68)62-26-6-11-31-69(62)86/h3-52H,1-2H3. The van der Waals surface area contributed by atoms with Crippen molar-refractivity contribution < 1.29 is 0 Å². The number of hydrogen-bond donors (Lipinski definition) is 0. The highest BCUT2D eigenvalue weighted by atomic mass is 15.1. The van der Waals surface area contributed by atoms with E-state index in [1.807, 2.05) is 0 Å². The number of aromatic nitrogens is 1. The molecule has 0 radical (unpaired) electrons. The minimum atomic E-state index is -0.603. The molecule has 2 spiro atoms. The monoisotopic (exact) mass is 1130 g/mol. The molecule has 0 N–H and O–H groups in total. The van der Waals surface area contributed by atoms with Crippen molar-refractivity contribution in [3.8, 4) is 72.4 Å². The van der Waals surface area contributed by atoms with Crippen LogP contribution < -0.4 is 4.90 Å².